The van der Waals surface area contributed by atoms with Gasteiger partial charge in [-0.25, -0.2) is 0 Å². The highest BCUT2D eigenvalue weighted by molar-refractivity contribution is 6.17. The molecule has 0 aliphatic rings. The first-order valence-corrected chi connectivity index (χ1v) is 5.49. The number of phenols is 1. The molecule has 1 N–H and O–H groups in total. The van der Waals surface area contributed by atoms with E-state index in [0.717, 1.165) is 16.7 Å². The Morgan fingerprint density at radius 3 is 2.40 bits per heavy atom. The van der Waals surface area contributed by atoms with Gasteiger partial charge in [0.25, 0.3) is 0 Å². The molecular formula is C13H17ClO. The van der Waals surface area contributed by atoms with Gasteiger partial charge in [0, 0.05) is 17.0 Å². The summed E-state index contributed by atoms with van der Waals surface area (Å²) in [6, 6.07) is 3.79. The maximum atomic E-state index is 10.1. The van der Waals surface area contributed by atoms with E-state index in [1.54, 1.807) is 6.08 Å². The summed E-state index contributed by atoms with van der Waals surface area (Å²) in [6.07, 6.45) is 1.66. The van der Waals surface area contributed by atoms with Crippen molar-refractivity contribution in [3.63, 3.8) is 0 Å². The molecule has 0 spiro atoms. The number of phenolic OH excluding ortho intramolecular Hbond substituents is 1. The molecule has 0 atom stereocenters. The Bertz CT molecular complexity index is 375. The fraction of sp³-hybridized carbons (Fsp3) is 0.385. The van der Waals surface area contributed by atoms with Gasteiger partial charge in [-0.3, -0.25) is 0 Å². The molecule has 1 aromatic rings. The zero-order valence-electron chi connectivity index (χ0n) is 9.47. The first kappa shape index (κ1) is 12.1. The van der Waals surface area contributed by atoms with Crippen molar-refractivity contribution in [2.24, 2.45) is 0 Å². The molecule has 0 amide bonds. The number of benzene rings is 1. The number of hydrogen-bond donors (Lipinski definition) is 1. The number of hydrogen-bond acceptors (Lipinski definition) is 1. The van der Waals surface area contributed by atoms with Crippen LogP contribution in [-0.4, -0.2) is 5.11 Å². The molecule has 0 heterocycles. The molecule has 0 fully saturated rings. The lowest BCUT2D eigenvalue weighted by atomic mass is 9.82. The predicted molar refractivity (Wildman–Crippen MR) is 66.5 cm³/mol. The summed E-state index contributed by atoms with van der Waals surface area (Å²) < 4.78 is 0. The Balaban J connectivity index is 3.50. The molecule has 0 aliphatic carbocycles. The minimum absolute atomic E-state index is 0.118. The number of halogens is 1. The van der Waals surface area contributed by atoms with E-state index in [1.807, 2.05) is 12.1 Å². The molecule has 15 heavy (non-hydrogen) atoms. The van der Waals surface area contributed by atoms with E-state index < -0.39 is 0 Å². The SMILES string of the molecule is C=Cc1ccc(CCl)c(C(C)(C)C)c1O. The van der Waals surface area contributed by atoms with Crippen molar-refractivity contribution in [1.82, 2.24) is 0 Å². The normalized spacial score (nSPS) is 11.5. The average Bonchev–Trinajstić information content (AvgIpc) is 2.15. The Hall–Kier alpha value is -0.950. The summed E-state index contributed by atoms with van der Waals surface area (Å²) in [5.41, 5.74) is 2.53. The van der Waals surface area contributed by atoms with Crippen LogP contribution in [-0.2, 0) is 11.3 Å². The van der Waals surface area contributed by atoms with Gasteiger partial charge in [-0.15, -0.1) is 11.6 Å². The van der Waals surface area contributed by atoms with Crippen LogP contribution >= 0.6 is 11.6 Å². The van der Waals surface area contributed by atoms with E-state index in [-0.39, 0.29) is 5.41 Å². The second-order valence-corrected chi connectivity index (χ2v) is 4.89. The molecule has 0 radical (unpaired) electrons. The van der Waals surface area contributed by atoms with Crippen LogP contribution in [0.3, 0.4) is 0 Å². The van der Waals surface area contributed by atoms with Crippen molar-refractivity contribution in [1.29, 1.82) is 0 Å². The first-order valence-electron chi connectivity index (χ1n) is 4.95. The lowest BCUT2D eigenvalue weighted by Crippen LogP contribution is -2.14. The minimum Gasteiger partial charge on any atom is -0.507 e. The lowest BCUT2D eigenvalue weighted by Gasteiger charge is -2.24. The zero-order chi connectivity index (χ0) is 11.6. The summed E-state index contributed by atoms with van der Waals surface area (Å²) in [7, 11) is 0. The van der Waals surface area contributed by atoms with Crippen LogP contribution in [0.15, 0.2) is 18.7 Å². The summed E-state index contributed by atoms with van der Waals surface area (Å²) in [5.74, 6) is 0.716. The minimum atomic E-state index is -0.118. The van der Waals surface area contributed by atoms with E-state index in [2.05, 4.69) is 27.4 Å². The standard InChI is InChI=1S/C13H17ClO/c1-5-9-6-7-10(8-14)11(12(9)15)13(2,3)4/h5-7,15H,1,8H2,2-4H3. The van der Waals surface area contributed by atoms with Gasteiger partial charge in [0.1, 0.15) is 5.75 Å². The number of rotatable bonds is 2. The molecular weight excluding hydrogens is 208 g/mol. The van der Waals surface area contributed by atoms with Gasteiger partial charge < -0.3 is 5.11 Å². The van der Waals surface area contributed by atoms with E-state index in [0.29, 0.717) is 11.6 Å². The van der Waals surface area contributed by atoms with Crippen LogP contribution in [0, 0.1) is 0 Å². The van der Waals surface area contributed by atoms with E-state index in [9.17, 15) is 5.11 Å². The quantitative estimate of drug-likeness (QED) is 0.751. The van der Waals surface area contributed by atoms with Crippen LogP contribution in [0.5, 0.6) is 5.75 Å². The largest absolute Gasteiger partial charge is 0.507 e. The molecule has 0 saturated heterocycles. The van der Waals surface area contributed by atoms with Crippen molar-refractivity contribution >= 4 is 17.7 Å². The van der Waals surface area contributed by atoms with Gasteiger partial charge in [0.05, 0.1) is 0 Å². The van der Waals surface area contributed by atoms with Crippen LogP contribution in [0.25, 0.3) is 6.08 Å². The van der Waals surface area contributed by atoms with Gasteiger partial charge >= 0.3 is 0 Å². The molecule has 1 aromatic carbocycles. The number of aromatic hydroxyl groups is 1. The van der Waals surface area contributed by atoms with Gasteiger partial charge in [-0.1, -0.05) is 45.6 Å². The summed E-state index contributed by atoms with van der Waals surface area (Å²) >= 11 is 5.87. The fourth-order valence-electron chi connectivity index (χ4n) is 1.76. The molecule has 0 aliphatic heterocycles. The highest BCUT2D eigenvalue weighted by Crippen LogP contribution is 2.37. The van der Waals surface area contributed by atoms with Gasteiger partial charge in [-0.2, -0.15) is 0 Å². The molecule has 82 valence electrons. The van der Waals surface area contributed by atoms with Crippen LogP contribution in [0.1, 0.15) is 37.5 Å². The number of alkyl halides is 1. The Kier molecular flexibility index (Phi) is 3.46. The van der Waals surface area contributed by atoms with E-state index in [4.69, 9.17) is 11.6 Å². The highest BCUT2D eigenvalue weighted by atomic mass is 35.5. The zero-order valence-corrected chi connectivity index (χ0v) is 10.2. The van der Waals surface area contributed by atoms with Gasteiger partial charge in [-0.05, 0) is 11.0 Å². The Morgan fingerprint density at radius 1 is 1.40 bits per heavy atom. The molecule has 1 rings (SSSR count). The molecule has 1 nitrogen and oxygen atoms in total. The molecule has 0 aromatic heterocycles. The third kappa shape index (κ3) is 2.35. The van der Waals surface area contributed by atoms with Crippen molar-refractivity contribution < 1.29 is 5.11 Å². The Labute approximate surface area is 96.4 Å². The predicted octanol–water partition coefficient (Wildman–Crippen LogP) is 4.07. The molecule has 0 bridgehead atoms. The van der Waals surface area contributed by atoms with Crippen LogP contribution in [0.2, 0.25) is 0 Å². The topological polar surface area (TPSA) is 20.2 Å². The highest BCUT2D eigenvalue weighted by Gasteiger charge is 2.22. The monoisotopic (exact) mass is 224 g/mol. The average molecular weight is 225 g/mol. The van der Waals surface area contributed by atoms with Crippen molar-refractivity contribution in [3.05, 3.63) is 35.4 Å². The second-order valence-electron chi connectivity index (χ2n) is 4.63. The van der Waals surface area contributed by atoms with Gasteiger partial charge in [0.15, 0.2) is 0 Å². The van der Waals surface area contributed by atoms with Crippen LogP contribution in [0.4, 0.5) is 0 Å². The summed E-state index contributed by atoms with van der Waals surface area (Å²) in [6.45, 7) is 9.86. The lowest BCUT2D eigenvalue weighted by molar-refractivity contribution is 0.444. The maximum Gasteiger partial charge on any atom is 0.126 e. The summed E-state index contributed by atoms with van der Waals surface area (Å²) in [5, 5.41) is 10.1. The van der Waals surface area contributed by atoms with E-state index >= 15 is 0 Å². The van der Waals surface area contributed by atoms with Crippen LogP contribution < -0.4 is 0 Å². The van der Waals surface area contributed by atoms with Crippen molar-refractivity contribution in [2.45, 2.75) is 32.1 Å². The van der Waals surface area contributed by atoms with Crippen molar-refractivity contribution in [3.8, 4) is 5.75 Å². The van der Waals surface area contributed by atoms with E-state index in [1.165, 1.54) is 0 Å². The van der Waals surface area contributed by atoms with Gasteiger partial charge in [0.2, 0.25) is 0 Å². The van der Waals surface area contributed by atoms with Crippen molar-refractivity contribution in [2.75, 3.05) is 0 Å². The smallest absolute Gasteiger partial charge is 0.126 e. The third-order valence-electron chi connectivity index (χ3n) is 2.41. The Morgan fingerprint density at radius 2 is 2.00 bits per heavy atom. The second kappa shape index (κ2) is 4.28. The molecule has 2 heteroatoms. The maximum absolute atomic E-state index is 10.1. The summed E-state index contributed by atoms with van der Waals surface area (Å²) in [4.78, 5) is 0. The molecule has 0 saturated carbocycles. The first-order chi connectivity index (χ1) is 6.91. The molecule has 0 unspecified atom stereocenters. The third-order valence-corrected chi connectivity index (χ3v) is 2.70. The fourth-order valence-corrected chi connectivity index (χ4v) is 1.98.